The molecular weight excluding hydrogens is 280 g/mol. The minimum Gasteiger partial charge on any atom is -0.331 e. The lowest BCUT2D eigenvalue weighted by atomic mass is 10.0. The first-order chi connectivity index (χ1) is 10.4. The molecule has 3 heterocycles. The fraction of sp³-hybridized carbons (Fsp3) is 0.176. The van der Waals surface area contributed by atoms with Crippen molar-refractivity contribution in [2.75, 3.05) is 5.75 Å². The molecule has 1 atom stereocenters. The summed E-state index contributed by atoms with van der Waals surface area (Å²) in [5.74, 6) is 1.56. The molecule has 0 fully saturated rings. The van der Waals surface area contributed by atoms with E-state index in [0.29, 0.717) is 5.92 Å². The molecule has 1 aliphatic rings. The van der Waals surface area contributed by atoms with Crippen molar-refractivity contribution in [3.05, 3.63) is 59.9 Å². The number of aldehydes is 1. The predicted molar refractivity (Wildman–Crippen MR) is 85.0 cm³/mol. The van der Waals surface area contributed by atoms with Gasteiger partial charge in [0, 0.05) is 46.5 Å². The number of hydrogen-bond donors (Lipinski definition) is 0. The van der Waals surface area contributed by atoms with Gasteiger partial charge in [-0.15, -0.1) is 11.8 Å². The summed E-state index contributed by atoms with van der Waals surface area (Å²) >= 11 is 1.91. The molecule has 4 heteroatoms. The van der Waals surface area contributed by atoms with E-state index in [1.807, 2.05) is 30.1 Å². The van der Waals surface area contributed by atoms with Crippen LogP contribution in [0.3, 0.4) is 0 Å². The number of benzene rings is 1. The molecule has 0 N–H and O–H groups in total. The van der Waals surface area contributed by atoms with Gasteiger partial charge in [0.2, 0.25) is 0 Å². The van der Waals surface area contributed by atoms with E-state index in [4.69, 9.17) is 0 Å². The van der Waals surface area contributed by atoms with Crippen molar-refractivity contribution in [2.45, 2.75) is 17.4 Å². The zero-order valence-electron chi connectivity index (χ0n) is 11.4. The molecule has 104 valence electrons. The number of pyridine rings is 1. The van der Waals surface area contributed by atoms with E-state index in [1.165, 1.54) is 10.5 Å². The number of nitrogens with zero attached hydrogens (tertiary/aromatic N) is 2. The maximum atomic E-state index is 11.2. The van der Waals surface area contributed by atoms with Crippen molar-refractivity contribution in [1.29, 1.82) is 0 Å². The molecule has 0 spiro atoms. The van der Waals surface area contributed by atoms with Crippen LogP contribution in [0.15, 0.2) is 53.7 Å². The third kappa shape index (κ3) is 2.07. The molecule has 4 rings (SSSR count). The van der Waals surface area contributed by atoms with Gasteiger partial charge in [0.25, 0.3) is 0 Å². The lowest BCUT2D eigenvalue weighted by Crippen LogP contribution is -2.08. The minimum absolute atomic E-state index is 0.475. The minimum atomic E-state index is 0.475. The Morgan fingerprint density at radius 1 is 1.29 bits per heavy atom. The Labute approximate surface area is 127 Å². The van der Waals surface area contributed by atoms with E-state index in [2.05, 4.69) is 33.8 Å². The van der Waals surface area contributed by atoms with Crippen LogP contribution in [0.4, 0.5) is 0 Å². The van der Waals surface area contributed by atoms with Gasteiger partial charge in [-0.05, 0) is 23.8 Å². The number of aromatic nitrogens is 2. The SMILES string of the molecule is O=Cc1cn(CC2CSc3ccccc32)c2ncccc12. The van der Waals surface area contributed by atoms with Gasteiger partial charge in [-0.3, -0.25) is 4.79 Å². The van der Waals surface area contributed by atoms with Gasteiger partial charge in [0.05, 0.1) is 0 Å². The summed E-state index contributed by atoms with van der Waals surface area (Å²) in [6.07, 6.45) is 4.62. The molecule has 1 aliphatic heterocycles. The first-order valence-corrected chi connectivity index (χ1v) is 7.96. The Hall–Kier alpha value is -2.07. The Kier molecular flexibility index (Phi) is 3.04. The van der Waals surface area contributed by atoms with Crippen molar-refractivity contribution >= 4 is 29.1 Å². The molecule has 2 aromatic heterocycles. The van der Waals surface area contributed by atoms with Gasteiger partial charge >= 0.3 is 0 Å². The first kappa shape index (κ1) is 12.7. The van der Waals surface area contributed by atoms with Crippen LogP contribution in [-0.2, 0) is 6.54 Å². The predicted octanol–water partition coefficient (Wildman–Crippen LogP) is 3.74. The molecule has 0 aliphatic carbocycles. The third-order valence-corrected chi connectivity index (χ3v) is 5.26. The molecule has 0 amide bonds. The van der Waals surface area contributed by atoms with E-state index in [9.17, 15) is 4.79 Å². The Morgan fingerprint density at radius 2 is 2.19 bits per heavy atom. The number of rotatable bonds is 3. The molecular formula is C17H14N2OS. The summed E-state index contributed by atoms with van der Waals surface area (Å²) in [7, 11) is 0. The van der Waals surface area contributed by atoms with Crippen molar-refractivity contribution < 1.29 is 4.79 Å². The van der Waals surface area contributed by atoms with Crippen LogP contribution in [0.25, 0.3) is 11.0 Å². The zero-order valence-corrected chi connectivity index (χ0v) is 12.2. The van der Waals surface area contributed by atoms with E-state index >= 15 is 0 Å². The highest BCUT2D eigenvalue weighted by atomic mass is 32.2. The highest BCUT2D eigenvalue weighted by Gasteiger charge is 2.23. The maximum Gasteiger partial charge on any atom is 0.152 e. The lowest BCUT2D eigenvalue weighted by Gasteiger charge is -2.12. The Morgan fingerprint density at radius 3 is 3.10 bits per heavy atom. The second-order valence-electron chi connectivity index (χ2n) is 5.27. The number of carbonyl (C=O) groups is 1. The van der Waals surface area contributed by atoms with Crippen LogP contribution in [0, 0.1) is 0 Å². The molecule has 3 nitrogen and oxygen atoms in total. The molecule has 1 aromatic carbocycles. The highest BCUT2D eigenvalue weighted by molar-refractivity contribution is 7.99. The van der Waals surface area contributed by atoms with Crippen LogP contribution < -0.4 is 0 Å². The van der Waals surface area contributed by atoms with Crippen molar-refractivity contribution in [3.63, 3.8) is 0 Å². The van der Waals surface area contributed by atoms with Gasteiger partial charge in [-0.2, -0.15) is 0 Å². The summed E-state index contributed by atoms with van der Waals surface area (Å²) in [6, 6.07) is 12.4. The van der Waals surface area contributed by atoms with Crippen LogP contribution in [0.5, 0.6) is 0 Å². The second kappa shape index (κ2) is 5.04. The number of fused-ring (bicyclic) bond motifs is 2. The second-order valence-corrected chi connectivity index (χ2v) is 6.34. The van der Waals surface area contributed by atoms with Crippen LogP contribution in [0.1, 0.15) is 21.8 Å². The summed E-state index contributed by atoms with van der Waals surface area (Å²) in [5.41, 5.74) is 3.03. The highest BCUT2D eigenvalue weighted by Crippen LogP contribution is 2.40. The number of carbonyl (C=O) groups excluding carboxylic acids is 1. The Bertz CT molecular complexity index is 825. The smallest absolute Gasteiger partial charge is 0.152 e. The lowest BCUT2D eigenvalue weighted by molar-refractivity contribution is 0.112. The van der Waals surface area contributed by atoms with E-state index < -0.39 is 0 Å². The zero-order chi connectivity index (χ0) is 14.2. The molecule has 21 heavy (non-hydrogen) atoms. The van der Waals surface area contributed by atoms with Crippen molar-refractivity contribution in [1.82, 2.24) is 9.55 Å². The summed E-state index contributed by atoms with van der Waals surface area (Å²) < 4.78 is 2.12. The quantitative estimate of drug-likeness (QED) is 0.690. The molecule has 0 saturated heterocycles. The summed E-state index contributed by atoms with van der Waals surface area (Å²) in [4.78, 5) is 17.0. The maximum absolute atomic E-state index is 11.2. The van der Waals surface area contributed by atoms with Crippen LogP contribution in [0.2, 0.25) is 0 Å². The van der Waals surface area contributed by atoms with Crippen LogP contribution >= 0.6 is 11.8 Å². The third-order valence-electron chi connectivity index (χ3n) is 4.01. The summed E-state index contributed by atoms with van der Waals surface area (Å²) in [5, 5.41) is 0.937. The topological polar surface area (TPSA) is 34.9 Å². The van der Waals surface area contributed by atoms with E-state index in [1.54, 1.807) is 6.20 Å². The number of hydrogen-bond acceptors (Lipinski definition) is 3. The Balaban J connectivity index is 1.74. The van der Waals surface area contributed by atoms with Gasteiger partial charge in [0.1, 0.15) is 5.65 Å². The van der Waals surface area contributed by atoms with Crippen molar-refractivity contribution in [3.8, 4) is 0 Å². The van der Waals surface area contributed by atoms with Gasteiger partial charge in [-0.1, -0.05) is 18.2 Å². The molecule has 1 unspecified atom stereocenters. The van der Waals surface area contributed by atoms with E-state index in [0.717, 1.165) is 35.2 Å². The fourth-order valence-corrected chi connectivity index (χ4v) is 4.24. The van der Waals surface area contributed by atoms with Gasteiger partial charge < -0.3 is 4.57 Å². The molecule has 0 radical (unpaired) electrons. The largest absolute Gasteiger partial charge is 0.331 e. The number of thioether (sulfide) groups is 1. The molecule has 3 aromatic rings. The summed E-state index contributed by atoms with van der Waals surface area (Å²) in [6.45, 7) is 0.866. The van der Waals surface area contributed by atoms with E-state index in [-0.39, 0.29) is 0 Å². The average Bonchev–Trinajstić information content (AvgIpc) is 3.10. The van der Waals surface area contributed by atoms with Gasteiger partial charge in [0.15, 0.2) is 6.29 Å². The standard InChI is InChI=1S/C17H14N2OS/c20-10-12-8-19(17-15(12)5-3-7-18-17)9-13-11-21-16-6-2-1-4-14(13)16/h1-8,10,13H,9,11H2. The molecule has 0 saturated carbocycles. The normalized spacial score (nSPS) is 17.0. The fourth-order valence-electron chi connectivity index (χ4n) is 3.00. The van der Waals surface area contributed by atoms with Crippen molar-refractivity contribution in [2.24, 2.45) is 0 Å². The first-order valence-electron chi connectivity index (χ1n) is 6.97. The monoisotopic (exact) mass is 294 g/mol. The van der Waals surface area contributed by atoms with Crippen LogP contribution in [-0.4, -0.2) is 21.6 Å². The molecule has 0 bridgehead atoms. The average molecular weight is 294 g/mol. The van der Waals surface area contributed by atoms with Gasteiger partial charge in [-0.25, -0.2) is 4.98 Å².